The molecule has 2 N–H and O–H groups in total. The maximum Gasteiger partial charge on any atom is 0.251 e. The van der Waals surface area contributed by atoms with Gasteiger partial charge in [0.15, 0.2) is 0 Å². The highest BCUT2D eigenvalue weighted by atomic mass is 16.5. The predicted octanol–water partition coefficient (Wildman–Crippen LogP) is 3.53. The molecule has 0 aromatic heterocycles. The molecule has 7 nitrogen and oxygen atoms in total. The van der Waals surface area contributed by atoms with Crippen molar-refractivity contribution in [2.75, 3.05) is 25.0 Å². The number of likely N-dealkylation sites (tertiary alicyclic amines) is 1. The Kier molecular flexibility index (Phi) is 8.25. The molecule has 1 aliphatic heterocycles. The van der Waals surface area contributed by atoms with Crippen LogP contribution in [0.25, 0.3) is 0 Å². The number of nitrogens with zero attached hydrogens (tertiary/aromatic N) is 1. The molecule has 170 valence electrons. The number of benzene rings is 2. The van der Waals surface area contributed by atoms with Gasteiger partial charge in [-0.1, -0.05) is 24.3 Å². The normalized spacial score (nSPS) is 14.0. The zero-order valence-electron chi connectivity index (χ0n) is 18.7. The third-order valence-corrected chi connectivity index (χ3v) is 5.51. The van der Waals surface area contributed by atoms with Crippen molar-refractivity contribution in [1.29, 1.82) is 0 Å². The van der Waals surface area contributed by atoms with Crippen LogP contribution in [0.5, 0.6) is 5.75 Å². The molecule has 3 rings (SSSR count). The SMILES string of the molecule is CC(=O)Nc1cccc(C(=O)NC2CCN(C(=O)CCCOc3ccccc3C)CC2)c1. The third kappa shape index (κ3) is 6.83. The van der Waals surface area contributed by atoms with E-state index in [1.165, 1.54) is 6.92 Å². The Morgan fingerprint density at radius 1 is 1.06 bits per heavy atom. The summed E-state index contributed by atoms with van der Waals surface area (Å²) in [7, 11) is 0. The van der Waals surface area contributed by atoms with E-state index in [0.717, 1.165) is 24.2 Å². The number of amides is 3. The van der Waals surface area contributed by atoms with Crippen LogP contribution in [0, 0.1) is 6.92 Å². The lowest BCUT2D eigenvalue weighted by Crippen LogP contribution is -2.46. The first-order valence-corrected chi connectivity index (χ1v) is 11.1. The predicted molar refractivity (Wildman–Crippen MR) is 124 cm³/mol. The number of anilines is 1. The van der Waals surface area contributed by atoms with Gasteiger partial charge in [-0.3, -0.25) is 14.4 Å². The number of nitrogens with one attached hydrogen (secondary N) is 2. The fraction of sp³-hybridized carbons (Fsp3) is 0.400. The molecule has 7 heteroatoms. The molecule has 2 aromatic carbocycles. The van der Waals surface area contributed by atoms with Crippen molar-refractivity contribution in [2.24, 2.45) is 0 Å². The highest BCUT2D eigenvalue weighted by Crippen LogP contribution is 2.17. The molecule has 0 atom stereocenters. The Balaban J connectivity index is 1.38. The van der Waals surface area contributed by atoms with Crippen LogP contribution >= 0.6 is 0 Å². The van der Waals surface area contributed by atoms with E-state index < -0.39 is 0 Å². The largest absolute Gasteiger partial charge is 0.493 e. The Labute approximate surface area is 189 Å². The summed E-state index contributed by atoms with van der Waals surface area (Å²) in [5.74, 6) is 0.641. The fourth-order valence-corrected chi connectivity index (χ4v) is 3.77. The number of para-hydroxylation sites is 1. The molecule has 0 aliphatic carbocycles. The monoisotopic (exact) mass is 437 g/mol. The highest BCUT2D eigenvalue weighted by molar-refractivity contribution is 5.97. The number of hydrogen-bond donors (Lipinski definition) is 2. The van der Waals surface area contributed by atoms with Crippen LogP contribution in [0.1, 0.15) is 48.5 Å². The molecule has 2 aromatic rings. The Morgan fingerprint density at radius 3 is 2.53 bits per heavy atom. The minimum atomic E-state index is -0.179. The van der Waals surface area contributed by atoms with Crippen LogP contribution < -0.4 is 15.4 Å². The van der Waals surface area contributed by atoms with Gasteiger partial charge in [0.1, 0.15) is 5.75 Å². The van der Waals surface area contributed by atoms with Gasteiger partial charge in [0.05, 0.1) is 6.61 Å². The number of rotatable bonds is 8. The van der Waals surface area contributed by atoms with Gasteiger partial charge in [0.2, 0.25) is 11.8 Å². The molecular formula is C25H31N3O4. The zero-order valence-corrected chi connectivity index (χ0v) is 18.7. The Bertz CT molecular complexity index is 952. The summed E-state index contributed by atoms with van der Waals surface area (Å²) in [5.41, 5.74) is 2.19. The molecule has 1 heterocycles. The molecule has 1 fully saturated rings. The molecule has 1 aliphatic rings. The second-order valence-electron chi connectivity index (χ2n) is 8.11. The second kappa shape index (κ2) is 11.3. The quantitative estimate of drug-likeness (QED) is 0.619. The van der Waals surface area contributed by atoms with Gasteiger partial charge in [0, 0.05) is 43.7 Å². The first kappa shape index (κ1) is 23.3. The Hall–Kier alpha value is -3.35. The zero-order chi connectivity index (χ0) is 22.9. The van der Waals surface area contributed by atoms with Gasteiger partial charge in [-0.05, 0) is 56.0 Å². The maximum atomic E-state index is 12.6. The van der Waals surface area contributed by atoms with Crippen molar-refractivity contribution >= 4 is 23.4 Å². The first-order chi connectivity index (χ1) is 15.4. The van der Waals surface area contributed by atoms with E-state index in [9.17, 15) is 14.4 Å². The van der Waals surface area contributed by atoms with Crippen molar-refractivity contribution in [1.82, 2.24) is 10.2 Å². The number of piperidine rings is 1. The second-order valence-corrected chi connectivity index (χ2v) is 8.11. The summed E-state index contributed by atoms with van der Waals surface area (Å²) < 4.78 is 5.77. The molecule has 0 spiro atoms. The lowest BCUT2D eigenvalue weighted by molar-refractivity contribution is -0.132. The van der Waals surface area contributed by atoms with Crippen molar-refractivity contribution < 1.29 is 19.1 Å². The summed E-state index contributed by atoms with van der Waals surface area (Å²) >= 11 is 0. The first-order valence-electron chi connectivity index (χ1n) is 11.1. The van der Waals surface area contributed by atoms with Crippen molar-refractivity contribution in [3.63, 3.8) is 0 Å². The summed E-state index contributed by atoms with van der Waals surface area (Å²) in [5, 5.41) is 5.72. The summed E-state index contributed by atoms with van der Waals surface area (Å²) in [6, 6.07) is 14.7. The number of carbonyl (C=O) groups is 3. The van der Waals surface area contributed by atoms with Gasteiger partial charge >= 0.3 is 0 Å². The molecular weight excluding hydrogens is 406 g/mol. The summed E-state index contributed by atoms with van der Waals surface area (Å²) in [4.78, 5) is 38.1. The van der Waals surface area contributed by atoms with Gasteiger partial charge in [0.25, 0.3) is 5.91 Å². The smallest absolute Gasteiger partial charge is 0.251 e. The molecule has 0 radical (unpaired) electrons. The molecule has 0 saturated carbocycles. The van der Waals surface area contributed by atoms with Crippen molar-refractivity contribution in [2.45, 2.75) is 45.6 Å². The number of aryl methyl sites for hydroxylation is 1. The van der Waals surface area contributed by atoms with E-state index in [2.05, 4.69) is 10.6 Å². The van der Waals surface area contributed by atoms with Crippen molar-refractivity contribution in [3.05, 3.63) is 59.7 Å². The molecule has 0 bridgehead atoms. The van der Waals surface area contributed by atoms with Crippen LogP contribution in [0.3, 0.4) is 0 Å². The minimum absolute atomic E-state index is 0.0281. The lowest BCUT2D eigenvalue weighted by atomic mass is 10.0. The van der Waals surface area contributed by atoms with Crippen LogP contribution in [0.4, 0.5) is 5.69 Å². The van der Waals surface area contributed by atoms with Gasteiger partial charge < -0.3 is 20.3 Å². The van der Waals surface area contributed by atoms with Gasteiger partial charge in [-0.15, -0.1) is 0 Å². The van der Waals surface area contributed by atoms with E-state index in [1.54, 1.807) is 24.3 Å². The van der Waals surface area contributed by atoms with E-state index in [-0.39, 0.29) is 23.8 Å². The van der Waals surface area contributed by atoms with Crippen molar-refractivity contribution in [3.8, 4) is 5.75 Å². The number of carbonyl (C=O) groups excluding carboxylic acids is 3. The average Bonchev–Trinajstić information content (AvgIpc) is 2.78. The van der Waals surface area contributed by atoms with Crippen LogP contribution in [-0.2, 0) is 9.59 Å². The van der Waals surface area contributed by atoms with Crippen LogP contribution in [0.2, 0.25) is 0 Å². The Morgan fingerprint density at radius 2 is 1.81 bits per heavy atom. The summed E-state index contributed by atoms with van der Waals surface area (Å²) in [6.45, 7) is 5.21. The lowest BCUT2D eigenvalue weighted by Gasteiger charge is -2.32. The van der Waals surface area contributed by atoms with Gasteiger partial charge in [-0.25, -0.2) is 0 Å². The summed E-state index contributed by atoms with van der Waals surface area (Å²) in [6.07, 6.45) is 2.58. The highest BCUT2D eigenvalue weighted by Gasteiger charge is 2.24. The fourth-order valence-electron chi connectivity index (χ4n) is 3.77. The van der Waals surface area contributed by atoms with E-state index in [0.29, 0.717) is 43.8 Å². The molecule has 0 unspecified atom stereocenters. The van der Waals surface area contributed by atoms with Gasteiger partial charge in [-0.2, -0.15) is 0 Å². The average molecular weight is 438 g/mol. The topological polar surface area (TPSA) is 87.7 Å². The molecule has 3 amide bonds. The van der Waals surface area contributed by atoms with E-state index >= 15 is 0 Å². The number of hydrogen-bond acceptors (Lipinski definition) is 4. The number of ether oxygens (including phenoxy) is 1. The van der Waals surface area contributed by atoms with Crippen LogP contribution in [0.15, 0.2) is 48.5 Å². The van der Waals surface area contributed by atoms with E-state index in [1.807, 2.05) is 36.1 Å². The maximum absolute atomic E-state index is 12.6. The molecule has 1 saturated heterocycles. The van der Waals surface area contributed by atoms with Crippen LogP contribution in [-0.4, -0.2) is 48.4 Å². The third-order valence-electron chi connectivity index (χ3n) is 5.51. The molecule has 32 heavy (non-hydrogen) atoms. The van der Waals surface area contributed by atoms with E-state index in [4.69, 9.17) is 4.74 Å². The minimum Gasteiger partial charge on any atom is -0.493 e. The standard InChI is InChI=1S/C25H31N3O4/c1-18-7-3-4-10-23(18)32-16-6-11-24(30)28-14-12-21(13-15-28)27-25(31)20-8-5-9-22(17-20)26-19(2)29/h3-5,7-10,17,21H,6,11-16H2,1-2H3,(H,26,29)(H,27,31).